The molecule has 0 aromatic heterocycles. The molecule has 0 bridgehead atoms. The molecule has 0 saturated carbocycles. The summed E-state index contributed by atoms with van der Waals surface area (Å²) >= 11 is 0. The van der Waals surface area contributed by atoms with Gasteiger partial charge < -0.3 is 4.74 Å². The Bertz CT molecular complexity index is 81.0. The van der Waals surface area contributed by atoms with Crippen molar-refractivity contribution >= 4 is 9.52 Å². The predicted octanol–water partition coefficient (Wildman–Crippen LogP) is 1.07. The lowest BCUT2D eigenvalue weighted by Gasteiger charge is -2.06. The smallest absolute Gasteiger partial charge is 0.0787 e. The molecule has 0 heterocycles. The average Bonchev–Trinajstić information content (AvgIpc) is 1.85. The van der Waals surface area contributed by atoms with Crippen molar-refractivity contribution in [2.24, 2.45) is 0 Å². The highest BCUT2D eigenvalue weighted by molar-refractivity contribution is 6.43. The van der Waals surface area contributed by atoms with Crippen molar-refractivity contribution in [2.45, 2.75) is 26.5 Å². The molecular weight excluding hydrogens is 128 g/mol. The van der Waals surface area contributed by atoms with Crippen LogP contribution in [0, 0.1) is 0 Å². The van der Waals surface area contributed by atoms with Crippen molar-refractivity contribution < 1.29 is 4.74 Å². The quantitative estimate of drug-likeness (QED) is 0.536. The molecule has 0 radical (unpaired) electrons. The lowest BCUT2D eigenvalue weighted by molar-refractivity contribution is 0.130. The number of allylic oxidation sites excluding steroid dienone is 1. The summed E-state index contributed by atoms with van der Waals surface area (Å²) in [6, 6.07) is 0. The third kappa shape index (κ3) is 5.79. The van der Waals surface area contributed by atoms with Gasteiger partial charge in [-0.2, -0.15) is 0 Å². The normalized spacial score (nSPS) is 15.9. The van der Waals surface area contributed by atoms with Crippen LogP contribution in [0.5, 0.6) is 0 Å². The first kappa shape index (κ1) is 8.92. The van der Waals surface area contributed by atoms with E-state index in [1.807, 2.05) is 6.92 Å². The summed E-state index contributed by atoms with van der Waals surface area (Å²) in [5.74, 6) is 0. The summed E-state index contributed by atoms with van der Waals surface area (Å²) in [7, 11) is -0.0781. The molecule has 54 valence electrons. The Morgan fingerprint density at radius 1 is 1.67 bits per heavy atom. The van der Waals surface area contributed by atoms with Crippen LogP contribution in [0.2, 0.25) is 0 Å². The van der Waals surface area contributed by atoms with Gasteiger partial charge in [0, 0.05) is 12.3 Å². The highest BCUT2D eigenvalue weighted by Crippen LogP contribution is 1.87. The molecule has 0 aliphatic heterocycles. The fraction of sp³-hybridized carbons (Fsp3) is 0.714. The minimum Gasteiger partial charge on any atom is -0.382 e. The van der Waals surface area contributed by atoms with E-state index in [-0.39, 0.29) is 9.52 Å². The van der Waals surface area contributed by atoms with Crippen LogP contribution in [0.1, 0.15) is 20.8 Å². The maximum Gasteiger partial charge on any atom is 0.0787 e. The van der Waals surface area contributed by atoms with Gasteiger partial charge in [-0.1, -0.05) is 6.08 Å². The van der Waals surface area contributed by atoms with E-state index in [4.69, 9.17) is 4.74 Å². The van der Waals surface area contributed by atoms with Crippen molar-refractivity contribution in [3.8, 4) is 0 Å². The van der Waals surface area contributed by atoms with Crippen LogP contribution >= 0.6 is 0 Å². The second-order valence-corrected chi connectivity index (χ2v) is 4.16. The van der Waals surface area contributed by atoms with Gasteiger partial charge >= 0.3 is 0 Å². The number of ether oxygens (including phenoxy) is 1. The largest absolute Gasteiger partial charge is 0.382 e. The van der Waals surface area contributed by atoms with Crippen molar-refractivity contribution in [1.29, 1.82) is 0 Å². The topological polar surface area (TPSA) is 9.23 Å². The van der Waals surface area contributed by atoms with Crippen LogP contribution in [0.15, 0.2) is 11.8 Å². The summed E-state index contributed by atoms with van der Waals surface area (Å²) in [6.45, 7) is 7.10. The summed E-state index contributed by atoms with van der Waals surface area (Å²) in [6.07, 6.45) is 2.11. The van der Waals surface area contributed by atoms with Crippen molar-refractivity contribution in [3.05, 3.63) is 11.8 Å². The Kier molecular flexibility index (Phi) is 5.99. The number of hydrogen-bond donors (Lipinski definition) is 0. The van der Waals surface area contributed by atoms with E-state index in [9.17, 15) is 0 Å². The minimum atomic E-state index is -0.0781. The van der Waals surface area contributed by atoms with E-state index < -0.39 is 0 Å². The molecule has 0 spiro atoms. The molecule has 2 heteroatoms. The van der Waals surface area contributed by atoms with Crippen LogP contribution in [0.3, 0.4) is 0 Å². The molecular formula is C7H16OSi. The Balaban J connectivity index is 3.15. The summed E-state index contributed by atoms with van der Waals surface area (Å²) < 4.78 is 5.35. The number of hydrogen-bond acceptors (Lipinski definition) is 1. The SMILES string of the molecule is CC=C[SiH2]C(C)OCC. The summed E-state index contributed by atoms with van der Waals surface area (Å²) in [5, 5.41) is 0. The Morgan fingerprint density at radius 2 is 2.33 bits per heavy atom. The zero-order chi connectivity index (χ0) is 7.11. The third-order valence-electron chi connectivity index (χ3n) is 1.15. The van der Waals surface area contributed by atoms with E-state index >= 15 is 0 Å². The molecule has 0 fully saturated rings. The minimum absolute atomic E-state index is 0.0781. The third-order valence-corrected chi connectivity index (χ3v) is 2.80. The molecule has 1 atom stereocenters. The van der Waals surface area contributed by atoms with Gasteiger partial charge in [-0.3, -0.25) is 0 Å². The fourth-order valence-electron chi connectivity index (χ4n) is 0.680. The van der Waals surface area contributed by atoms with Gasteiger partial charge in [0.2, 0.25) is 0 Å². The first-order chi connectivity index (χ1) is 4.31. The van der Waals surface area contributed by atoms with Gasteiger partial charge in [0.15, 0.2) is 0 Å². The molecule has 0 aliphatic carbocycles. The first-order valence-electron chi connectivity index (χ1n) is 3.54. The maximum absolute atomic E-state index is 5.35. The highest BCUT2D eigenvalue weighted by atomic mass is 28.2. The first-order valence-corrected chi connectivity index (χ1v) is 5.17. The molecule has 1 unspecified atom stereocenters. The van der Waals surface area contributed by atoms with E-state index in [2.05, 4.69) is 25.6 Å². The molecule has 0 saturated heterocycles. The maximum atomic E-state index is 5.35. The molecule has 1 nitrogen and oxygen atoms in total. The second-order valence-electron chi connectivity index (χ2n) is 2.07. The van der Waals surface area contributed by atoms with Gasteiger partial charge in [-0.05, 0) is 20.8 Å². The van der Waals surface area contributed by atoms with Crippen LogP contribution < -0.4 is 0 Å². The molecule has 0 aliphatic rings. The fourth-order valence-corrected chi connectivity index (χ4v) is 1.71. The molecule has 9 heavy (non-hydrogen) atoms. The Labute approximate surface area is 59.9 Å². The van der Waals surface area contributed by atoms with Crippen LogP contribution in [-0.2, 0) is 4.74 Å². The van der Waals surface area contributed by atoms with Gasteiger partial charge in [0.1, 0.15) is 0 Å². The molecule has 0 N–H and O–H groups in total. The van der Waals surface area contributed by atoms with Crippen LogP contribution in [0.25, 0.3) is 0 Å². The van der Waals surface area contributed by atoms with Crippen molar-refractivity contribution in [2.75, 3.05) is 6.61 Å². The van der Waals surface area contributed by atoms with E-state index in [0.717, 1.165) is 6.61 Å². The van der Waals surface area contributed by atoms with Gasteiger partial charge in [-0.15, -0.1) is 5.70 Å². The van der Waals surface area contributed by atoms with Crippen LogP contribution in [-0.4, -0.2) is 21.9 Å². The molecule has 0 rings (SSSR count). The molecule has 0 amide bonds. The van der Waals surface area contributed by atoms with E-state index in [0.29, 0.717) is 5.73 Å². The number of rotatable bonds is 4. The van der Waals surface area contributed by atoms with E-state index in [1.165, 1.54) is 0 Å². The van der Waals surface area contributed by atoms with Gasteiger partial charge in [0.05, 0.1) is 9.52 Å². The monoisotopic (exact) mass is 144 g/mol. The zero-order valence-electron chi connectivity index (χ0n) is 6.55. The van der Waals surface area contributed by atoms with Crippen LogP contribution in [0.4, 0.5) is 0 Å². The summed E-state index contributed by atoms with van der Waals surface area (Å²) in [5.41, 5.74) is 2.78. The predicted molar refractivity (Wildman–Crippen MR) is 44.4 cm³/mol. The highest BCUT2D eigenvalue weighted by Gasteiger charge is 1.95. The van der Waals surface area contributed by atoms with E-state index in [1.54, 1.807) is 0 Å². The summed E-state index contributed by atoms with van der Waals surface area (Å²) in [4.78, 5) is 0. The van der Waals surface area contributed by atoms with Crippen molar-refractivity contribution in [1.82, 2.24) is 0 Å². The molecule has 0 aromatic rings. The molecule has 0 aromatic carbocycles. The average molecular weight is 144 g/mol. The Hall–Kier alpha value is -0.0831. The second kappa shape index (κ2) is 6.04. The Morgan fingerprint density at radius 3 is 2.78 bits per heavy atom. The van der Waals surface area contributed by atoms with Gasteiger partial charge in [-0.25, -0.2) is 0 Å². The lowest BCUT2D eigenvalue weighted by atomic mass is 10.8. The lowest BCUT2D eigenvalue weighted by Crippen LogP contribution is -2.14. The van der Waals surface area contributed by atoms with Crippen molar-refractivity contribution in [3.63, 3.8) is 0 Å². The van der Waals surface area contributed by atoms with Gasteiger partial charge in [0.25, 0.3) is 0 Å². The standard InChI is InChI=1S/C7H16OSi/c1-4-6-9-7(3)8-5-2/h4,6-7H,5,9H2,1-3H3. The zero-order valence-corrected chi connectivity index (χ0v) is 7.97.